The van der Waals surface area contributed by atoms with Crippen molar-refractivity contribution in [3.8, 4) is 0 Å². The van der Waals surface area contributed by atoms with Crippen LogP contribution in [0.25, 0.3) is 0 Å². The van der Waals surface area contributed by atoms with Crippen LogP contribution in [0, 0.1) is 6.92 Å². The predicted molar refractivity (Wildman–Crippen MR) is 65.2 cm³/mol. The monoisotopic (exact) mass is 237 g/mol. The minimum absolute atomic E-state index is 0.0224. The van der Waals surface area contributed by atoms with Gasteiger partial charge in [0.05, 0.1) is 12.4 Å². The number of amides is 1. The van der Waals surface area contributed by atoms with E-state index in [4.69, 9.17) is 5.11 Å². The van der Waals surface area contributed by atoms with Crippen molar-refractivity contribution in [2.45, 2.75) is 12.3 Å². The second-order valence-electron chi connectivity index (χ2n) is 3.89. The van der Waals surface area contributed by atoms with Gasteiger partial charge in [0.1, 0.15) is 5.37 Å². The molecule has 1 aromatic rings. The molecule has 0 unspecified atom stereocenters. The van der Waals surface area contributed by atoms with Gasteiger partial charge in [0.15, 0.2) is 0 Å². The number of aliphatic hydroxyl groups is 1. The summed E-state index contributed by atoms with van der Waals surface area (Å²) < 4.78 is 0. The van der Waals surface area contributed by atoms with Gasteiger partial charge in [-0.15, -0.1) is 11.8 Å². The van der Waals surface area contributed by atoms with E-state index in [0.717, 1.165) is 5.56 Å². The number of aryl methyl sites for hydroxylation is 1. The molecular formula is C12H15NO2S. The summed E-state index contributed by atoms with van der Waals surface area (Å²) in [6, 6.07) is 8.18. The fourth-order valence-electron chi connectivity index (χ4n) is 1.90. The van der Waals surface area contributed by atoms with Gasteiger partial charge >= 0.3 is 0 Å². The first-order valence-corrected chi connectivity index (χ1v) is 6.36. The highest BCUT2D eigenvalue weighted by Gasteiger charge is 2.32. The number of nitrogens with zero attached hydrogens (tertiary/aromatic N) is 1. The topological polar surface area (TPSA) is 40.5 Å². The number of β-amino-alcohol motifs (C(OH)–C–C–N with tert-alkyl or cyclic N) is 1. The van der Waals surface area contributed by atoms with Crippen molar-refractivity contribution in [2.75, 3.05) is 18.9 Å². The second-order valence-corrected chi connectivity index (χ2v) is 4.96. The highest BCUT2D eigenvalue weighted by atomic mass is 32.2. The van der Waals surface area contributed by atoms with E-state index in [1.54, 1.807) is 16.7 Å². The maximum Gasteiger partial charge on any atom is 0.233 e. The van der Waals surface area contributed by atoms with Crippen LogP contribution in [0.4, 0.5) is 0 Å². The third-order valence-electron chi connectivity index (χ3n) is 2.64. The van der Waals surface area contributed by atoms with E-state index in [-0.39, 0.29) is 17.9 Å². The summed E-state index contributed by atoms with van der Waals surface area (Å²) in [4.78, 5) is 13.4. The smallest absolute Gasteiger partial charge is 0.233 e. The van der Waals surface area contributed by atoms with Crippen LogP contribution in [0.5, 0.6) is 0 Å². The van der Waals surface area contributed by atoms with E-state index < -0.39 is 0 Å². The lowest BCUT2D eigenvalue weighted by molar-refractivity contribution is -0.128. The Balaban J connectivity index is 2.23. The molecule has 3 nitrogen and oxygen atoms in total. The fourth-order valence-corrected chi connectivity index (χ4v) is 3.11. The molecule has 1 atom stereocenters. The maximum atomic E-state index is 11.6. The van der Waals surface area contributed by atoms with E-state index >= 15 is 0 Å². The highest BCUT2D eigenvalue weighted by molar-refractivity contribution is 8.00. The molecule has 1 aliphatic rings. The number of thioether (sulfide) groups is 1. The molecule has 0 saturated carbocycles. The molecule has 0 bridgehead atoms. The minimum atomic E-state index is 0.0224. The van der Waals surface area contributed by atoms with Crippen LogP contribution in [0.15, 0.2) is 24.3 Å². The van der Waals surface area contributed by atoms with E-state index in [2.05, 4.69) is 6.07 Å². The lowest BCUT2D eigenvalue weighted by atomic mass is 10.1. The third kappa shape index (κ3) is 2.23. The van der Waals surface area contributed by atoms with Crippen molar-refractivity contribution < 1.29 is 9.90 Å². The number of aliphatic hydroxyl groups excluding tert-OH is 1. The molecule has 0 aromatic heterocycles. The Labute approximate surface area is 99.5 Å². The van der Waals surface area contributed by atoms with Crippen LogP contribution in [-0.4, -0.2) is 34.8 Å². The largest absolute Gasteiger partial charge is 0.395 e. The Hall–Kier alpha value is -1.00. The van der Waals surface area contributed by atoms with Crippen LogP contribution < -0.4 is 0 Å². The molecule has 1 aliphatic heterocycles. The van der Waals surface area contributed by atoms with Crippen LogP contribution in [0.3, 0.4) is 0 Å². The van der Waals surface area contributed by atoms with Crippen molar-refractivity contribution in [3.63, 3.8) is 0 Å². The molecule has 0 spiro atoms. The van der Waals surface area contributed by atoms with Gasteiger partial charge in [0.2, 0.25) is 5.91 Å². The first-order valence-electron chi connectivity index (χ1n) is 5.31. The van der Waals surface area contributed by atoms with Gasteiger partial charge in [-0.2, -0.15) is 0 Å². The van der Waals surface area contributed by atoms with E-state index in [9.17, 15) is 4.79 Å². The molecule has 16 heavy (non-hydrogen) atoms. The van der Waals surface area contributed by atoms with Gasteiger partial charge in [-0.3, -0.25) is 4.79 Å². The summed E-state index contributed by atoms with van der Waals surface area (Å²) in [7, 11) is 0. The van der Waals surface area contributed by atoms with Crippen LogP contribution in [-0.2, 0) is 4.79 Å². The lowest BCUT2D eigenvalue weighted by Crippen LogP contribution is -2.30. The summed E-state index contributed by atoms with van der Waals surface area (Å²) in [6.45, 7) is 2.49. The SMILES string of the molecule is Cc1cccc([C@H]2SCC(=O)N2CCO)c1. The van der Waals surface area contributed by atoms with Crippen LogP contribution in [0.1, 0.15) is 16.5 Å². The van der Waals surface area contributed by atoms with Gasteiger partial charge in [-0.05, 0) is 12.5 Å². The zero-order valence-electron chi connectivity index (χ0n) is 9.22. The zero-order valence-corrected chi connectivity index (χ0v) is 10.0. The van der Waals surface area contributed by atoms with Crippen molar-refractivity contribution in [3.05, 3.63) is 35.4 Å². The molecule has 1 fully saturated rings. The maximum absolute atomic E-state index is 11.6. The number of carbonyl (C=O) groups excluding carboxylic acids is 1. The average Bonchev–Trinajstić information content (AvgIpc) is 2.61. The fraction of sp³-hybridized carbons (Fsp3) is 0.417. The first kappa shape index (κ1) is 11.5. The third-order valence-corrected chi connectivity index (χ3v) is 3.89. The number of hydrogen-bond donors (Lipinski definition) is 1. The molecule has 0 radical (unpaired) electrons. The van der Waals surface area contributed by atoms with Crippen molar-refractivity contribution in [1.29, 1.82) is 0 Å². The highest BCUT2D eigenvalue weighted by Crippen LogP contribution is 2.38. The minimum Gasteiger partial charge on any atom is -0.395 e. The Bertz CT molecular complexity index is 394. The standard InChI is InChI=1S/C12H15NO2S/c1-9-3-2-4-10(7-9)12-13(5-6-14)11(15)8-16-12/h2-4,7,12,14H,5-6,8H2,1H3/t12-/m1/s1. The first-order chi connectivity index (χ1) is 7.72. The summed E-state index contributed by atoms with van der Waals surface area (Å²) in [5.41, 5.74) is 2.34. The van der Waals surface area contributed by atoms with Crippen LogP contribution >= 0.6 is 11.8 Å². The zero-order chi connectivity index (χ0) is 11.5. The van der Waals surface area contributed by atoms with Gasteiger partial charge in [-0.1, -0.05) is 29.8 Å². The molecule has 1 N–H and O–H groups in total. The molecule has 1 amide bonds. The summed E-state index contributed by atoms with van der Waals surface area (Å²) >= 11 is 1.63. The average molecular weight is 237 g/mol. The summed E-state index contributed by atoms with van der Waals surface area (Å²) in [5.74, 6) is 0.629. The van der Waals surface area contributed by atoms with Crippen molar-refractivity contribution in [2.24, 2.45) is 0 Å². The van der Waals surface area contributed by atoms with Crippen molar-refractivity contribution in [1.82, 2.24) is 4.90 Å². The molecular weight excluding hydrogens is 222 g/mol. The Kier molecular flexibility index (Phi) is 3.51. The number of carbonyl (C=O) groups is 1. The number of rotatable bonds is 3. The molecule has 1 heterocycles. The number of hydrogen-bond acceptors (Lipinski definition) is 3. The Morgan fingerprint density at radius 2 is 2.38 bits per heavy atom. The van der Waals surface area contributed by atoms with Crippen molar-refractivity contribution >= 4 is 17.7 Å². The predicted octanol–water partition coefficient (Wildman–Crippen LogP) is 1.56. The number of benzene rings is 1. The summed E-state index contributed by atoms with van der Waals surface area (Å²) in [6.07, 6.45) is 0. The molecule has 86 valence electrons. The van der Waals surface area contributed by atoms with E-state index in [1.807, 2.05) is 25.1 Å². The molecule has 1 saturated heterocycles. The Morgan fingerprint density at radius 1 is 1.56 bits per heavy atom. The van der Waals surface area contributed by atoms with Gasteiger partial charge < -0.3 is 10.0 Å². The normalized spacial score (nSPS) is 20.5. The van der Waals surface area contributed by atoms with Crippen LogP contribution in [0.2, 0.25) is 0 Å². The molecule has 2 rings (SSSR count). The second kappa shape index (κ2) is 4.89. The van der Waals surface area contributed by atoms with Gasteiger partial charge in [-0.25, -0.2) is 0 Å². The van der Waals surface area contributed by atoms with Gasteiger partial charge in [0.25, 0.3) is 0 Å². The molecule has 4 heteroatoms. The lowest BCUT2D eigenvalue weighted by Gasteiger charge is -2.23. The van der Waals surface area contributed by atoms with Gasteiger partial charge in [0, 0.05) is 6.54 Å². The quantitative estimate of drug-likeness (QED) is 0.867. The Morgan fingerprint density at radius 3 is 3.06 bits per heavy atom. The van der Waals surface area contributed by atoms with E-state index in [1.165, 1.54) is 5.56 Å². The van der Waals surface area contributed by atoms with E-state index in [0.29, 0.717) is 12.3 Å². The molecule has 1 aromatic carbocycles. The molecule has 0 aliphatic carbocycles. The summed E-state index contributed by atoms with van der Waals surface area (Å²) in [5, 5.41) is 9.03.